The van der Waals surface area contributed by atoms with E-state index < -0.39 is 6.10 Å². The minimum absolute atomic E-state index is 0.180. The fourth-order valence-electron chi connectivity index (χ4n) is 1.35. The van der Waals surface area contributed by atoms with Crippen LogP contribution >= 0.6 is 0 Å². The number of aliphatic hydroxyl groups excluding tert-OH is 1. The minimum atomic E-state index is -0.644. The zero-order valence-electron chi connectivity index (χ0n) is 8.27. The summed E-state index contributed by atoms with van der Waals surface area (Å²) in [7, 11) is 3.45. The fraction of sp³-hybridized carbons (Fsp3) is 0.667. The van der Waals surface area contributed by atoms with Crippen molar-refractivity contribution in [1.82, 2.24) is 9.55 Å². The summed E-state index contributed by atoms with van der Waals surface area (Å²) < 4.78 is 6.93. The molecule has 2 atom stereocenters. The van der Waals surface area contributed by atoms with Gasteiger partial charge in [-0.25, -0.2) is 4.98 Å². The van der Waals surface area contributed by atoms with Gasteiger partial charge in [-0.3, -0.25) is 0 Å². The van der Waals surface area contributed by atoms with Gasteiger partial charge in [0.2, 0.25) is 0 Å². The summed E-state index contributed by atoms with van der Waals surface area (Å²) >= 11 is 0. The Morgan fingerprint density at radius 2 is 2.38 bits per heavy atom. The van der Waals surface area contributed by atoms with Gasteiger partial charge in [0, 0.05) is 26.6 Å². The van der Waals surface area contributed by atoms with Crippen LogP contribution in [0.4, 0.5) is 0 Å². The zero-order chi connectivity index (χ0) is 9.84. The van der Waals surface area contributed by atoms with Crippen molar-refractivity contribution < 1.29 is 9.84 Å². The smallest absolute Gasteiger partial charge is 0.140 e. The second-order valence-electron chi connectivity index (χ2n) is 3.02. The molecule has 1 N–H and O–H groups in total. The first-order valence-electron chi connectivity index (χ1n) is 4.38. The van der Waals surface area contributed by atoms with Crippen molar-refractivity contribution in [2.75, 3.05) is 7.11 Å². The Morgan fingerprint density at radius 3 is 2.77 bits per heavy atom. The van der Waals surface area contributed by atoms with Crippen molar-refractivity contribution >= 4 is 0 Å². The monoisotopic (exact) mass is 184 g/mol. The van der Waals surface area contributed by atoms with Crippen molar-refractivity contribution in [3.63, 3.8) is 0 Å². The molecule has 0 amide bonds. The van der Waals surface area contributed by atoms with Crippen LogP contribution in [-0.4, -0.2) is 27.9 Å². The number of aliphatic hydroxyl groups is 1. The number of imidazole rings is 1. The maximum atomic E-state index is 9.84. The van der Waals surface area contributed by atoms with Crippen LogP contribution in [0.3, 0.4) is 0 Å². The Hall–Kier alpha value is -0.870. The van der Waals surface area contributed by atoms with Crippen molar-refractivity contribution in [3.05, 3.63) is 18.2 Å². The quantitative estimate of drug-likeness (QED) is 0.755. The highest BCUT2D eigenvalue weighted by Crippen LogP contribution is 2.18. The Labute approximate surface area is 78.2 Å². The van der Waals surface area contributed by atoms with Gasteiger partial charge in [-0.05, 0) is 6.42 Å². The molecule has 4 heteroatoms. The second-order valence-corrected chi connectivity index (χ2v) is 3.02. The number of rotatable bonds is 4. The first-order chi connectivity index (χ1) is 6.20. The predicted octanol–water partition coefficient (Wildman–Crippen LogP) is 0.879. The second kappa shape index (κ2) is 4.39. The van der Waals surface area contributed by atoms with E-state index in [0.29, 0.717) is 5.82 Å². The van der Waals surface area contributed by atoms with Gasteiger partial charge in [0.1, 0.15) is 11.9 Å². The summed E-state index contributed by atoms with van der Waals surface area (Å²) in [5.74, 6) is 0.647. The number of aryl methyl sites for hydroxylation is 1. The summed E-state index contributed by atoms with van der Waals surface area (Å²) in [5, 5.41) is 9.84. The lowest BCUT2D eigenvalue weighted by molar-refractivity contribution is -0.0203. The molecule has 74 valence electrons. The fourth-order valence-corrected chi connectivity index (χ4v) is 1.35. The van der Waals surface area contributed by atoms with Gasteiger partial charge in [-0.1, -0.05) is 6.92 Å². The summed E-state index contributed by atoms with van der Waals surface area (Å²) in [6.45, 7) is 1.97. The number of ether oxygens (including phenoxy) is 1. The minimum Gasteiger partial charge on any atom is -0.382 e. The van der Waals surface area contributed by atoms with Crippen LogP contribution in [0.15, 0.2) is 12.4 Å². The molecule has 13 heavy (non-hydrogen) atoms. The first kappa shape index (κ1) is 10.2. The zero-order valence-corrected chi connectivity index (χ0v) is 8.27. The molecule has 1 rings (SSSR count). The van der Waals surface area contributed by atoms with Gasteiger partial charge in [-0.15, -0.1) is 0 Å². The molecule has 0 fully saturated rings. The van der Waals surface area contributed by atoms with Gasteiger partial charge in [0.05, 0.1) is 6.10 Å². The lowest BCUT2D eigenvalue weighted by Crippen LogP contribution is -2.22. The third-order valence-corrected chi connectivity index (χ3v) is 2.18. The predicted molar refractivity (Wildman–Crippen MR) is 49.3 cm³/mol. The molecule has 0 radical (unpaired) electrons. The number of methoxy groups -OCH3 is 1. The molecule has 1 aromatic heterocycles. The van der Waals surface area contributed by atoms with Gasteiger partial charge >= 0.3 is 0 Å². The van der Waals surface area contributed by atoms with Gasteiger partial charge in [0.25, 0.3) is 0 Å². The van der Waals surface area contributed by atoms with E-state index in [-0.39, 0.29) is 6.10 Å². The summed E-state index contributed by atoms with van der Waals surface area (Å²) in [6.07, 6.45) is 3.42. The van der Waals surface area contributed by atoms with Crippen molar-refractivity contribution in [2.24, 2.45) is 7.05 Å². The van der Waals surface area contributed by atoms with Crippen molar-refractivity contribution in [3.8, 4) is 0 Å². The highest BCUT2D eigenvalue weighted by molar-refractivity contribution is 4.97. The van der Waals surface area contributed by atoms with Crippen LogP contribution in [-0.2, 0) is 11.8 Å². The van der Waals surface area contributed by atoms with Crippen LogP contribution in [0.5, 0.6) is 0 Å². The molecule has 0 bridgehead atoms. The maximum Gasteiger partial charge on any atom is 0.140 e. The van der Waals surface area contributed by atoms with Crippen LogP contribution in [0.2, 0.25) is 0 Å². The Balaban J connectivity index is 2.77. The standard InChI is InChI=1S/C9H16N2O2/c1-4-7(13-3)8(12)9-10-5-6-11(9)2/h5-8,12H,4H2,1-3H3. The number of hydrogen-bond donors (Lipinski definition) is 1. The molecule has 0 aromatic carbocycles. The Morgan fingerprint density at radius 1 is 1.69 bits per heavy atom. The maximum absolute atomic E-state index is 9.84. The lowest BCUT2D eigenvalue weighted by atomic mass is 10.1. The summed E-state index contributed by atoms with van der Waals surface area (Å²) in [6, 6.07) is 0. The molecular weight excluding hydrogens is 168 g/mol. The van der Waals surface area contributed by atoms with E-state index in [1.807, 2.05) is 14.0 Å². The average Bonchev–Trinajstić information content (AvgIpc) is 2.53. The van der Waals surface area contributed by atoms with E-state index in [1.165, 1.54) is 0 Å². The average molecular weight is 184 g/mol. The van der Waals surface area contributed by atoms with Gasteiger partial charge in [0.15, 0.2) is 0 Å². The summed E-state index contributed by atoms with van der Waals surface area (Å²) in [4.78, 5) is 4.07. The number of aromatic nitrogens is 2. The van der Waals surface area contributed by atoms with Crippen molar-refractivity contribution in [2.45, 2.75) is 25.6 Å². The van der Waals surface area contributed by atoms with Gasteiger partial charge in [-0.2, -0.15) is 0 Å². The third kappa shape index (κ3) is 2.08. The van der Waals surface area contributed by atoms with Crippen molar-refractivity contribution in [1.29, 1.82) is 0 Å². The van der Waals surface area contributed by atoms with E-state index >= 15 is 0 Å². The summed E-state index contributed by atoms with van der Waals surface area (Å²) in [5.41, 5.74) is 0. The first-order valence-corrected chi connectivity index (χ1v) is 4.38. The van der Waals surface area contributed by atoms with Crippen LogP contribution < -0.4 is 0 Å². The number of hydrogen-bond acceptors (Lipinski definition) is 3. The molecule has 0 spiro atoms. The molecule has 0 saturated carbocycles. The van der Waals surface area contributed by atoms with Gasteiger partial charge < -0.3 is 14.4 Å². The molecule has 1 heterocycles. The third-order valence-electron chi connectivity index (χ3n) is 2.18. The van der Waals surface area contributed by atoms with E-state index in [2.05, 4.69) is 4.98 Å². The molecule has 0 saturated heterocycles. The van der Waals surface area contributed by atoms with E-state index in [1.54, 1.807) is 24.1 Å². The molecule has 1 aromatic rings. The van der Waals surface area contributed by atoms with E-state index in [0.717, 1.165) is 6.42 Å². The molecule has 2 unspecified atom stereocenters. The molecule has 0 aliphatic carbocycles. The molecule has 0 aliphatic heterocycles. The Kier molecular flexibility index (Phi) is 3.45. The normalized spacial score (nSPS) is 15.7. The van der Waals surface area contributed by atoms with Crippen LogP contribution in [0, 0.1) is 0 Å². The van der Waals surface area contributed by atoms with E-state index in [9.17, 15) is 5.11 Å². The highest BCUT2D eigenvalue weighted by atomic mass is 16.5. The topological polar surface area (TPSA) is 47.3 Å². The molecular formula is C9H16N2O2. The van der Waals surface area contributed by atoms with Crippen LogP contribution in [0.25, 0.3) is 0 Å². The molecule has 4 nitrogen and oxygen atoms in total. The lowest BCUT2D eigenvalue weighted by Gasteiger charge is -2.19. The Bertz CT molecular complexity index is 256. The molecule has 0 aliphatic rings. The SMILES string of the molecule is CCC(OC)C(O)c1nccn1C. The largest absolute Gasteiger partial charge is 0.382 e. The number of nitrogens with zero attached hydrogens (tertiary/aromatic N) is 2. The van der Waals surface area contributed by atoms with E-state index in [4.69, 9.17) is 4.74 Å². The highest BCUT2D eigenvalue weighted by Gasteiger charge is 2.21. The van der Waals surface area contributed by atoms with Crippen LogP contribution in [0.1, 0.15) is 25.3 Å².